The average molecular weight is 243 g/mol. The highest BCUT2D eigenvalue weighted by atomic mass is 35.5. The highest BCUT2D eigenvalue weighted by Gasteiger charge is 2.10. The van der Waals surface area contributed by atoms with Gasteiger partial charge in [0, 0.05) is 6.20 Å². The summed E-state index contributed by atoms with van der Waals surface area (Å²) in [5.74, 6) is -0.433. The maximum Gasteiger partial charge on any atom is 0.222 e. The van der Waals surface area contributed by atoms with Crippen molar-refractivity contribution in [2.75, 3.05) is 0 Å². The Bertz CT molecular complexity index is 482. The number of hydrogen-bond acceptors (Lipinski definition) is 2. The molecule has 0 fully saturated rings. The minimum atomic E-state index is -0.433. The summed E-state index contributed by atoms with van der Waals surface area (Å²) in [4.78, 5) is 7.61. The molecule has 1 aromatic carbocycles. The van der Waals surface area contributed by atoms with E-state index in [0.29, 0.717) is 10.7 Å². The summed E-state index contributed by atoms with van der Waals surface area (Å²) in [6.45, 7) is 0. The predicted molar refractivity (Wildman–Crippen MR) is 57.4 cm³/mol. The standard InChI is InChI=1S/C10H5Cl2FN2/c11-6-2-1-3-7(13)9(6)8-4-5-14-10(12)15-8/h1-5H. The number of hydrogen-bond donors (Lipinski definition) is 0. The topological polar surface area (TPSA) is 25.8 Å². The number of rotatable bonds is 1. The fourth-order valence-corrected chi connectivity index (χ4v) is 1.62. The molecule has 0 aliphatic carbocycles. The molecule has 76 valence electrons. The second kappa shape index (κ2) is 4.13. The Kier molecular flexibility index (Phi) is 2.84. The van der Waals surface area contributed by atoms with E-state index >= 15 is 0 Å². The first kappa shape index (κ1) is 10.3. The van der Waals surface area contributed by atoms with Crippen molar-refractivity contribution in [1.82, 2.24) is 9.97 Å². The van der Waals surface area contributed by atoms with Crippen molar-refractivity contribution in [3.63, 3.8) is 0 Å². The Hall–Kier alpha value is -1.19. The van der Waals surface area contributed by atoms with Crippen molar-refractivity contribution in [2.24, 2.45) is 0 Å². The maximum absolute atomic E-state index is 13.5. The summed E-state index contributed by atoms with van der Waals surface area (Å²) in [7, 11) is 0. The second-order valence-corrected chi connectivity index (χ2v) is 3.55. The van der Waals surface area contributed by atoms with Gasteiger partial charge in [-0.15, -0.1) is 0 Å². The van der Waals surface area contributed by atoms with E-state index < -0.39 is 5.82 Å². The van der Waals surface area contributed by atoms with E-state index in [9.17, 15) is 4.39 Å². The van der Waals surface area contributed by atoms with Gasteiger partial charge in [0.15, 0.2) is 0 Å². The molecule has 1 heterocycles. The first-order chi connectivity index (χ1) is 7.18. The number of benzene rings is 1. The summed E-state index contributed by atoms with van der Waals surface area (Å²) < 4.78 is 13.5. The zero-order chi connectivity index (χ0) is 10.8. The lowest BCUT2D eigenvalue weighted by molar-refractivity contribution is 0.631. The van der Waals surface area contributed by atoms with Crippen LogP contribution in [0.1, 0.15) is 0 Å². The molecule has 2 nitrogen and oxygen atoms in total. The number of halogens is 3. The summed E-state index contributed by atoms with van der Waals surface area (Å²) in [5, 5.41) is 0.358. The third kappa shape index (κ3) is 2.08. The van der Waals surface area contributed by atoms with Gasteiger partial charge in [0.05, 0.1) is 16.3 Å². The van der Waals surface area contributed by atoms with Crippen molar-refractivity contribution in [2.45, 2.75) is 0 Å². The van der Waals surface area contributed by atoms with E-state index in [-0.39, 0.29) is 10.8 Å². The smallest absolute Gasteiger partial charge is 0.222 e. The van der Waals surface area contributed by atoms with Gasteiger partial charge in [-0.25, -0.2) is 14.4 Å². The minimum Gasteiger partial charge on any atom is -0.226 e. The van der Waals surface area contributed by atoms with Gasteiger partial charge >= 0.3 is 0 Å². The van der Waals surface area contributed by atoms with Crippen LogP contribution < -0.4 is 0 Å². The molecule has 0 atom stereocenters. The molecule has 2 aromatic rings. The lowest BCUT2D eigenvalue weighted by Crippen LogP contribution is -1.90. The van der Waals surface area contributed by atoms with Crippen LogP contribution in [0.5, 0.6) is 0 Å². The van der Waals surface area contributed by atoms with E-state index in [1.54, 1.807) is 12.1 Å². The molecule has 0 aliphatic heterocycles. The van der Waals surface area contributed by atoms with Crippen molar-refractivity contribution in [3.8, 4) is 11.3 Å². The molecule has 0 unspecified atom stereocenters. The van der Waals surface area contributed by atoms with Crippen molar-refractivity contribution in [1.29, 1.82) is 0 Å². The zero-order valence-electron chi connectivity index (χ0n) is 7.42. The highest BCUT2D eigenvalue weighted by Crippen LogP contribution is 2.29. The molecule has 0 saturated heterocycles. The molecular weight excluding hydrogens is 238 g/mol. The summed E-state index contributed by atoms with van der Waals surface area (Å²) >= 11 is 11.5. The van der Waals surface area contributed by atoms with E-state index in [1.165, 1.54) is 18.3 Å². The Morgan fingerprint density at radius 3 is 2.60 bits per heavy atom. The first-order valence-corrected chi connectivity index (χ1v) is 4.87. The molecule has 0 bridgehead atoms. The van der Waals surface area contributed by atoms with Gasteiger partial charge in [-0.3, -0.25) is 0 Å². The van der Waals surface area contributed by atoms with Gasteiger partial charge in [-0.1, -0.05) is 17.7 Å². The highest BCUT2D eigenvalue weighted by molar-refractivity contribution is 6.33. The van der Waals surface area contributed by atoms with Crippen LogP contribution in [-0.2, 0) is 0 Å². The van der Waals surface area contributed by atoms with Crippen LogP contribution in [0.25, 0.3) is 11.3 Å². The van der Waals surface area contributed by atoms with E-state index in [4.69, 9.17) is 23.2 Å². The Morgan fingerprint density at radius 2 is 1.93 bits per heavy atom. The Morgan fingerprint density at radius 1 is 1.13 bits per heavy atom. The Balaban J connectivity index is 2.63. The third-order valence-corrected chi connectivity index (χ3v) is 2.34. The molecule has 0 amide bonds. The van der Waals surface area contributed by atoms with Crippen LogP contribution in [0, 0.1) is 5.82 Å². The summed E-state index contributed by atoms with van der Waals surface area (Å²) in [6.07, 6.45) is 1.45. The molecule has 0 spiro atoms. The summed E-state index contributed by atoms with van der Waals surface area (Å²) in [5.41, 5.74) is 0.613. The van der Waals surface area contributed by atoms with E-state index in [0.717, 1.165) is 0 Å². The van der Waals surface area contributed by atoms with Crippen LogP contribution in [0.15, 0.2) is 30.5 Å². The number of nitrogens with zero attached hydrogens (tertiary/aromatic N) is 2. The third-order valence-electron chi connectivity index (χ3n) is 1.85. The van der Waals surface area contributed by atoms with E-state index in [1.807, 2.05) is 0 Å². The van der Waals surface area contributed by atoms with Gasteiger partial charge in [0.1, 0.15) is 5.82 Å². The lowest BCUT2D eigenvalue weighted by Gasteiger charge is -2.04. The normalized spacial score (nSPS) is 10.3. The molecule has 0 saturated carbocycles. The predicted octanol–water partition coefficient (Wildman–Crippen LogP) is 3.59. The van der Waals surface area contributed by atoms with Crippen LogP contribution in [0.3, 0.4) is 0 Å². The van der Waals surface area contributed by atoms with Crippen LogP contribution in [0.2, 0.25) is 10.3 Å². The summed E-state index contributed by atoms with van der Waals surface area (Å²) in [6, 6.07) is 5.99. The van der Waals surface area contributed by atoms with Crippen LogP contribution >= 0.6 is 23.2 Å². The van der Waals surface area contributed by atoms with Gasteiger partial charge in [0.2, 0.25) is 5.28 Å². The molecule has 2 rings (SSSR count). The molecule has 15 heavy (non-hydrogen) atoms. The van der Waals surface area contributed by atoms with Gasteiger partial charge < -0.3 is 0 Å². The van der Waals surface area contributed by atoms with Crippen LogP contribution in [-0.4, -0.2) is 9.97 Å². The monoisotopic (exact) mass is 242 g/mol. The SMILES string of the molecule is Fc1cccc(Cl)c1-c1ccnc(Cl)n1. The largest absolute Gasteiger partial charge is 0.226 e. The molecule has 0 N–H and O–H groups in total. The molecule has 0 aliphatic rings. The van der Waals surface area contributed by atoms with Gasteiger partial charge in [-0.05, 0) is 29.8 Å². The fraction of sp³-hybridized carbons (Fsp3) is 0. The zero-order valence-corrected chi connectivity index (χ0v) is 8.93. The molecule has 5 heteroatoms. The second-order valence-electron chi connectivity index (χ2n) is 2.81. The van der Waals surface area contributed by atoms with Gasteiger partial charge in [0.25, 0.3) is 0 Å². The fourth-order valence-electron chi connectivity index (χ4n) is 1.22. The quantitative estimate of drug-likeness (QED) is 0.715. The molecule has 1 aromatic heterocycles. The van der Waals surface area contributed by atoms with Crippen molar-refractivity contribution < 1.29 is 4.39 Å². The lowest BCUT2D eigenvalue weighted by atomic mass is 10.1. The van der Waals surface area contributed by atoms with Gasteiger partial charge in [-0.2, -0.15) is 0 Å². The maximum atomic E-state index is 13.5. The number of aromatic nitrogens is 2. The first-order valence-electron chi connectivity index (χ1n) is 4.11. The minimum absolute atomic E-state index is 0.0619. The van der Waals surface area contributed by atoms with Crippen molar-refractivity contribution >= 4 is 23.2 Å². The van der Waals surface area contributed by atoms with Crippen molar-refractivity contribution in [3.05, 3.63) is 46.6 Å². The average Bonchev–Trinajstić information content (AvgIpc) is 2.17. The molecular formula is C10H5Cl2FN2. The van der Waals surface area contributed by atoms with Crippen LogP contribution in [0.4, 0.5) is 4.39 Å². The molecule has 0 radical (unpaired) electrons. The Labute approximate surface area is 95.7 Å². The van der Waals surface area contributed by atoms with E-state index in [2.05, 4.69) is 9.97 Å².